The lowest BCUT2D eigenvalue weighted by Gasteiger charge is -2.44. The minimum atomic E-state index is -0.993. The minimum absolute atomic E-state index is 0.178. The Morgan fingerprint density at radius 2 is 2.00 bits per heavy atom. The van der Waals surface area contributed by atoms with Gasteiger partial charge in [0.1, 0.15) is 18.3 Å². The van der Waals surface area contributed by atoms with E-state index >= 15 is 0 Å². The predicted octanol–water partition coefficient (Wildman–Crippen LogP) is -1.05. The Morgan fingerprint density at radius 1 is 1.30 bits per heavy atom. The van der Waals surface area contributed by atoms with Gasteiger partial charge in [-0.15, -0.1) is 0 Å². The molecule has 10 heteroatoms. The third-order valence-corrected chi connectivity index (χ3v) is 4.51. The van der Waals surface area contributed by atoms with Crippen molar-refractivity contribution >= 4 is 0 Å². The van der Waals surface area contributed by atoms with Crippen LogP contribution in [0.3, 0.4) is 0 Å². The van der Waals surface area contributed by atoms with Crippen molar-refractivity contribution in [3.05, 3.63) is 10.4 Å². The average molecular weight is 330 g/mol. The van der Waals surface area contributed by atoms with Crippen molar-refractivity contribution in [3.8, 4) is 0 Å². The molecule has 132 valence electrons. The summed E-state index contributed by atoms with van der Waals surface area (Å²) in [5.74, 6) is 0. The Balaban J connectivity index is 2.11. The molecule has 1 aliphatic carbocycles. The number of hydrogen-bond acceptors (Lipinski definition) is 8. The molecule has 1 heterocycles. The second kappa shape index (κ2) is 8.22. The van der Waals surface area contributed by atoms with Crippen molar-refractivity contribution in [2.24, 2.45) is 22.3 Å². The number of nitrogens with zero attached hydrogens (tertiary/aromatic N) is 3. The summed E-state index contributed by atoms with van der Waals surface area (Å²) in [4.78, 5) is 2.83. The molecule has 8 atom stereocenters. The molecule has 0 aromatic carbocycles. The van der Waals surface area contributed by atoms with E-state index in [9.17, 15) is 5.11 Å². The van der Waals surface area contributed by atoms with Crippen LogP contribution >= 0.6 is 0 Å². The number of aliphatic hydroxyl groups is 1. The quantitative estimate of drug-likeness (QED) is 0.282. The zero-order valence-electron chi connectivity index (χ0n) is 13.2. The predicted molar refractivity (Wildman–Crippen MR) is 82.1 cm³/mol. The van der Waals surface area contributed by atoms with Crippen molar-refractivity contribution in [2.45, 2.75) is 68.1 Å². The molecule has 2 fully saturated rings. The van der Waals surface area contributed by atoms with E-state index < -0.39 is 36.7 Å². The molecule has 7 N–H and O–H groups in total. The molecule has 0 bridgehead atoms. The highest BCUT2D eigenvalue weighted by Crippen LogP contribution is 2.29. The fourth-order valence-electron chi connectivity index (χ4n) is 3.24. The number of ether oxygens (including phenoxy) is 3. The fraction of sp³-hybridized carbons (Fsp3) is 1.00. The Hall–Kier alpha value is -0.970. The molecule has 10 nitrogen and oxygen atoms in total. The summed E-state index contributed by atoms with van der Waals surface area (Å²) < 4.78 is 16.9. The number of azide groups is 1. The Labute approximate surface area is 134 Å². The second-order valence-corrected chi connectivity index (χ2v) is 6.07. The molecule has 0 amide bonds. The zero-order valence-corrected chi connectivity index (χ0v) is 13.2. The summed E-state index contributed by atoms with van der Waals surface area (Å²) in [6.45, 7) is 0.341. The highest BCUT2D eigenvalue weighted by Gasteiger charge is 2.45. The first-order chi connectivity index (χ1) is 11.0. The summed E-state index contributed by atoms with van der Waals surface area (Å²) in [5, 5.41) is 14.2. The molecule has 1 aliphatic heterocycles. The van der Waals surface area contributed by atoms with E-state index in [2.05, 4.69) is 10.0 Å². The zero-order chi connectivity index (χ0) is 17.0. The molecule has 0 aromatic rings. The summed E-state index contributed by atoms with van der Waals surface area (Å²) >= 11 is 0. The first-order valence-electron chi connectivity index (χ1n) is 7.79. The lowest BCUT2D eigenvalue weighted by atomic mass is 9.84. The van der Waals surface area contributed by atoms with Gasteiger partial charge < -0.3 is 36.5 Å². The van der Waals surface area contributed by atoms with Crippen LogP contribution < -0.4 is 17.2 Å². The number of nitrogens with two attached hydrogens (primary N) is 3. The van der Waals surface area contributed by atoms with Gasteiger partial charge in [0.2, 0.25) is 0 Å². The van der Waals surface area contributed by atoms with Crippen molar-refractivity contribution in [2.75, 3.05) is 13.7 Å². The highest BCUT2D eigenvalue weighted by atomic mass is 16.7. The highest BCUT2D eigenvalue weighted by molar-refractivity contribution is 4.99. The lowest BCUT2D eigenvalue weighted by molar-refractivity contribution is -0.253. The van der Waals surface area contributed by atoms with Crippen LogP contribution in [0.5, 0.6) is 0 Å². The third-order valence-electron chi connectivity index (χ3n) is 4.51. The van der Waals surface area contributed by atoms with E-state index in [-0.39, 0.29) is 12.1 Å². The molecular weight excluding hydrogens is 304 g/mol. The molecule has 0 unspecified atom stereocenters. The van der Waals surface area contributed by atoms with Gasteiger partial charge >= 0.3 is 0 Å². The molecule has 0 radical (unpaired) electrons. The summed E-state index contributed by atoms with van der Waals surface area (Å²) in [5.41, 5.74) is 26.4. The van der Waals surface area contributed by atoms with Crippen molar-refractivity contribution in [1.29, 1.82) is 0 Å². The Bertz CT molecular complexity index is 435. The number of methoxy groups -OCH3 is 1. The van der Waals surface area contributed by atoms with Gasteiger partial charge in [0.05, 0.1) is 12.1 Å². The molecule has 0 aromatic heterocycles. The second-order valence-electron chi connectivity index (χ2n) is 6.07. The smallest absolute Gasteiger partial charge is 0.167 e. The monoisotopic (exact) mass is 330 g/mol. The van der Waals surface area contributed by atoms with Crippen molar-refractivity contribution < 1.29 is 19.3 Å². The summed E-state index contributed by atoms with van der Waals surface area (Å²) in [6.07, 6.45) is -1.54. The van der Waals surface area contributed by atoms with E-state index in [1.807, 2.05) is 0 Å². The molecule has 1 saturated carbocycles. The maximum atomic E-state index is 10.4. The van der Waals surface area contributed by atoms with Gasteiger partial charge in [0, 0.05) is 30.6 Å². The molecule has 0 spiro atoms. The van der Waals surface area contributed by atoms with Gasteiger partial charge in [0.15, 0.2) is 6.29 Å². The van der Waals surface area contributed by atoms with Crippen molar-refractivity contribution in [1.82, 2.24) is 0 Å². The largest absolute Gasteiger partial charge is 0.388 e. The maximum Gasteiger partial charge on any atom is 0.167 e. The van der Waals surface area contributed by atoms with Gasteiger partial charge in [-0.25, -0.2) is 0 Å². The van der Waals surface area contributed by atoms with Gasteiger partial charge in [-0.2, -0.15) is 0 Å². The van der Waals surface area contributed by atoms with Crippen LogP contribution in [0.1, 0.15) is 19.3 Å². The SMILES string of the molecule is CO[C@@H]1[C@@H](O)[C@H](O[C@H]2O[C@H](CN)CC[C@H]2N=[N+]=[N-])[C@@H](N)C[C@H]1N. The van der Waals surface area contributed by atoms with Gasteiger partial charge in [-0.05, 0) is 24.8 Å². The minimum Gasteiger partial charge on any atom is -0.388 e. The number of rotatable bonds is 5. The van der Waals surface area contributed by atoms with Gasteiger partial charge in [-0.1, -0.05) is 5.11 Å². The normalized spacial score (nSPS) is 44.6. The van der Waals surface area contributed by atoms with E-state index in [1.54, 1.807) is 0 Å². The van der Waals surface area contributed by atoms with Crippen LogP contribution in [-0.2, 0) is 14.2 Å². The molecule has 2 aliphatic rings. The van der Waals surface area contributed by atoms with E-state index in [0.29, 0.717) is 25.8 Å². The van der Waals surface area contributed by atoms with Gasteiger partial charge in [0.25, 0.3) is 0 Å². The first-order valence-corrected chi connectivity index (χ1v) is 7.79. The van der Waals surface area contributed by atoms with E-state index in [1.165, 1.54) is 7.11 Å². The maximum absolute atomic E-state index is 10.4. The van der Waals surface area contributed by atoms with Crippen LogP contribution in [-0.4, -0.2) is 67.6 Å². The van der Waals surface area contributed by atoms with Gasteiger partial charge in [-0.3, -0.25) is 0 Å². The van der Waals surface area contributed by atoms with Crippen LogP contribution in [0.15, 0.2) is 5.11 Å². The van der Waals surface area contributed by atoms with Crippen molar-refractivity contribution in [3.63, 3.8) is 0 Å². The lowest BCUT2D eigenvalue weighted by Crippen LogP contribution is -2.64. The molecule has 2 rings (SSSR count). The molecule has 1 saturated heterocycles. The van der Waals surface area contributed by atoms with E-state index in [4.69, 9.17) is 36.9 Å². The third kappa shape index (κ3) is 4.11. The summed E-state index contributed by atoms with van der Waals surface area (Å²) in [7, 11) is 1.48. The van der Waals surface area contributed by atoms with Crippen LogP contribution in [0, 0.1) is 0 Å². The summed E-state index contributed by atoms with van der Waals surface area (Å²) in [6, 6.07) is -1.33. The Kier molecular flexibility index (Phi) is 6.57. The van der Waals surface area contributed by atoms with E-state index in [0.717, 1.165) is 0 Å². The first kappa shape index (κ1) is 18.4. The fourth-order valence-corrected chi connectivity index (χ4v) is 3.24. The Morgan fingerprint density at radius 3 is 2.61 bits per heavy atom. The van der Waals surface area contributed by atoms with Crippen LogP contribution in [0.25, 0.3) is 10.4 Å². The van der Waals surface area contributed by atoms with Crippen LogP contribution in [0.2, 0.25) is 0 Å². The number of aliphatic hydroxyl groups excluding tert-OH is 1. The molecular formula is C13H26N6O4. The number of hydrogen-bond donors (Lipinski definition) is 4. The standard InChI is InChI=1S/C13H26N6O4/c1-21-11-7(15)4-8(16)12(10(11)20)23-13-9(18-19-17)3-2-6(5-14)22-13/h6-13,20H,2-5,14-16H2,1H3/t6-,7+,8-,9+,10+,11-,12+,13+/m0/s1. The molecule has 23 heavy (non-hydrogen) atoms. The topological polar surface area (TPSA) is 175 Å². The average Bonchev–Trinajstić information content (AvgIpc) is 2.53. The van der Waals surface area contributed by atoms with Crippen LogP contribution in [0.4, 0.5) is 0 Å².